The predicted molar refractivity (Wildman–Crippen MR) is 132 cm³/mol. The van der Waals surface area contributed by atoms with Crippen molar-refractivity contribution in [2.75, 3.05) is 20.9 Å². The van der Waals surface area contributed by atoms with Gasteiger partial charge in [-0.15, -0.1) is 0 Å². The van der Waals surface area contributed by atoms with Crippen LogP contribution in [-0.4, -0.2) is 29.3 Å². The van der Waals surface area contributed by atoms with Crippen LogP contribution in [0.4, 0.5) is 17.1 Å². The standard InChI is InChI=1S/C23H22ClN3O5S2/c1-16-21(24)4-2-5-22(16)26-34(31,32)19-11-7-17(8-12-19)25-33(29,30)20-13-9-18(10-14-20)27-15-3-6-23(27)28/h2,4-5,7-14,25-26H,3,6,15H2,1H3. The van der Waals surface area contributed by atoms with E-state index in [0.29, 0.717) is 34.9 Å². The molecule has 1 amide bonds. The van der Waals surface area contributed by atoms with Gasteiger partial charge in [-0.1, -0.05) is 17.7 Å². The molecule has 34 heavy (non-hydrogen) atoms. The predicted octanol–water partition coefficient (Wildman–Crippen LogP) is 4.38. The second-order valence-corrected chi connectivity index (χ2v) is 11.6. The summed E-state index contributed by atoms with van der Waals surface area (Å²) in [6, 6.07) is 16.3. The smallest absolute Gasteiger partial charge is 0.261 e. The van der Waals surface area contributed by atoms with Crippen molar-refractivity contribution in [3.8, 4) is 0 Å². The summed E-state index contributed by atoms with van der Waals surface area (Å²) in [7, 11) is -7.81. The third kappa shape index (κ3) is 5.03. The van der Waals surface area contributed by atoms with E-state index in [2.05, 4.69) is 9.44 Å². The zero-order valence-corrected chi connectivity index (χ0v) is 20.5. The van der Waals surface area contributed by atoms with Gasteiger partial charge < -0.3 is 4.90 Å². The quantitative estimate of drug-likeness (QED) is 0.481. The fourth-order valence-corrected chi connectivity index (χ4v) is 5.92. The van der Waals surface area contributed by atoms with Crippen LogP contribution in [0.5, 0.6) is 0 Å². The summed E-state index contributed by atoms with van der Waals surface area (Å²) in [5.74, 6) is 0.0174. The minimum atomic E-state index is -3.91. The average molecular weight is 520 g/mol. The summed E-state index contributed by atoms with van der Waals surface area (Å²) in [4.78, 5) is 13.5. The van der Waals surface area contributed by atoms with Crippen molar-refractivity contribution in [2.24, 2.45) is 0 Å². The maximum absolute atomic E-state index is 12.8. The number of carbonyl (C=O) groups excluding carboxylic acids is 1. The van der Waals surface area contributed by atoms with Gasteiger partial charge in [-0.25, -0.2) is 16.8 Å². The first-order chi connectivity index (χ1) is 16.1. The number of benzene rings is 3. The van der Waals surface area contributed by atoms with Crippen LogP contribution >= 0.6 is 11.6 Å². The lowest BCUT2D eigenvalue weighted by molar-refractivity contribution is -0.117. The number of nitrogens with one attached hydrogen (secondary N) is 2. The molecule has 1 aliphatic heterocycles. The lowest BCUT2D eigenvalue weighted by Crippen LogP contribution is -2.23. The Labute approximate surface area is 203 Å². The Kier molecular flexibility index (Phi) is 6.57. The molecule has 178 valence electrons. The lowest BCUT2D eigenvalue weighted by Gasteiger charge is -2.16. The molecule has 0 saturated carbocycles. The molecule has 0 spiro atoms. The van der Waals surface area contributed by atoms with E-state index >= 15 is 0 Å². The number of amides is 1. The van der Waals surface area contributed by atoms with Gasteiger partial charge >= 0.3 is 0 Å². The van der Waals surface area contributed by atoms with E-state index in [0.717, 1.165) is 6.42 Å². The van der Waals surface area contributed by atoms with Crippen molar-refractivity contribution in [1.82, 2.24) is 0 Å². The van der Waals surface area contributed by atoms with Crippen molar-refractivity contribution >= 4 is 54.6 Å². The number of hydrogen-bond acceptors (Lipinski definition) is 5. The van der Waals surface area contributed by atoms with Crippen LogP contribution in [-0.2, 0) is 24.8 Å². The van der Waals surface area contributed by atoms with Crippen LogP contribution in [0.1, 0.15) is 18.4 Å². The van der Waals surface area contributed by atoms with E-state index in [4.69, 9.17) is 11.6 Å². The summed E-state index contributed by atoms with van der Waals surface area (Å²) in [6.07, 6.45) is 1.27. The molecule has 0 aromatic heterocycles. The topological polar surface area (TPSA) is 113 Å². The SMILES string of the molecule is Cc1c(Cl)cccc1NS(=O)(=O)c1ccc(NS(=O)(=O)c2ccc(N3CCCC3=O)cc2)cc1. The van der Waals surface area contributed by atoms with Crippen molar-refractivity contribution in [3.05, 3.63) is 77.3 Å². The van der Waals surface area contributed by atoms with Crippen molar-refractivity contribution < 1.29 is 21.6 Å². The van der Waals surface area contributed by atoms with E-state index in [1.807, 2.05) is 0 Å². The molecule has 0 aliphatic carbocycles. The number of hydrogen-bond donors (Lipinski definition) is 2. The summed E-state index contributed by atoms with van der Waals surface area (Å²) < 4.78 is 55.9. The fourth-order valence-electron chi connectivity index (χ4n) is 3.56. The Bertz CT molecular complexity index is 1440. The minimum absolute atomic E-state index is 0.0174. The number of sulfonamides is 2. The molecule has 1 saturated heterocycles. The largest absolute Gasteiger partial charge is 0.312 e. The Balaban J connectivity index is 1.48. The molecule has 0 bridgehead atoms. The molecule has 0 radical (unpaired) electrons. The Hall–Kier alpha value is -3.08. The molecule has 8 nitrogen and oxygen atoms in total. The average Bonchev–Trinajstić information content (AvgIpc) is 3.23. The molecule has 2 N–H and O–H groups in total. The fraction of sp³-hybridized carbons (Fsp3) is 0.174. The molecule has 3 aromatic rings. The van der Waals surface area contributed by atoms with Gasteiger partial charge in [0.15, 0.2) is 0 Å². The van der Waals surface area contributed by atoms with Gasteiger partial charge in [-0.2, -0.15) is 0 Å². The third-order valence-electron chi connectivity index (χ3n) is 5.46. The van der Waals surface area contributed by atoms with Gasteiger partial charge in [0.25, 0.3) is 20.0 Å². The van der Waals surface area contributed by atoms with Gasteiger partial charge in [0.2, 0.25) is 5.91 Å². The monoisotopic (exact) mass is 519 g/mol. The maximum atomic E-state index is 12.8. The molecule has 4 rings (SSSR count). The number of anilines is 3. The van der Waals surface area contributed by atoms with Crippen LogP contribution in [0.3, 0.4) is 0 Å². The number of nitrogens with zero attached hydrogens (tertiary/aromatic N) is 1. The van der Waals surface area contributed by atoms with Gasteiger partial charge in [-0.05, 0) is 79.6 Å². The van der Waals surface area contributed by atoms with Crippen LogP contribution in [0.2, 0.25) is 5.02 Å². The highest BCUT2D eigenvalue weighted by Gasteiger charge is 2.23. The van der Waals surface area contributed by atoms with Gasteiger partial charge in [0.1, 0.15) is 0 Å². The first-order valence-corrected chi connectivity index (χ1v) is 13.7. The zero-order valence-electron chi connectivity index (χ0n) is 18.2. The molecule has 1 aliphatic rings. The van der Waals surface area contributed by atoms with Crippen molar-refractivity contribution in [3.63, 3.8) is 0 Å². The van der Waals surface area contributed by atoms with E-state index in [9.17, 15) is 21.6 Å². The van der Waals surface area contributed by atoms with Crippen LogP contribution in [0.25, 0.3) is 0 Å². The summed E-state index contributed by atoms with van der Waals surface area (Å²) >= 11 is 6.05. The summed E-state index contributed by atoms with van der Waals surface area (Å²) in [6.45, 7) is 2.32. The lowest BCUT2D eigenvalue weighted by atomic mass is 10.2. The van der Waals surface area contributed by atoms with Gasteiger partial charge in [-0.3, -0.25) is 14.2 Å². The van der Waals surface area contributed by atoms with Crippen molar-refractivity contribution in [2.45, 2.75) is 29.6 Å². The van der Waals surface area contributed by atoms with E-state index in [-0.39, 0.29) is 21.4 Å². The molecule has 11 heteroatoms. The van der Waals surface area contributed by atoms with Crippen LogP contribution < -0.4 is 14.3 Å². The second-order valence-electron chi connectivity index (χ2n) is 7.79. The van der Waals surface area contributed by atoms with E-state index in [1.54, 1.807) is 42.2 Å². The first-order valence-electron chi connectivity index (χ1n) is 10.4. The molecule has 1 heterocycles. The number of rotatable bonds is 7. The Morgan fingerprint density at radius 1 is 0.824 bits per heavy atom. The van der Waals surface area contributed by atoms with Crippen LogP contribution in [0, 0.1) is 6.92 Å². The first kappa shape index (κ1) is 24.1. The highest BCUT2D eigenvalue weighted by Crippen LogP contribution is 2.27. The molecule has 3 aromatic carbocycles. The molecular weight excluding hydrogens is 498 g/mol. The van der Waals surface area contributed by atoms with E-state index in [1.165, 1.54) is 36.4 Å². The summed E-state index contributed by atoms with van der Waals surface area (Å²) in [5, 5.41) is 0.435. The molecule has 0 unspecified atom stereocenters. The van der Waals surface area contributed by atoms with Gasteiger partial charge in [0.05, 0.1) is 15.5 Å². The highest BCUT2D eigenvalue weighted by atomic mass is 35.5. The molecular formula is C23H22ClN3O5S2. The second kappa shape index (κ2) is 9.28. The highest BCUT2D eigenvalue weighted by molar-refractivity contribution is 7.93. The number of halogens is 1. The minimum Gasteiger partial charge on any atom is -0.312 e. The van der Waals surface area contributed by atoms with E-state index < -0.39 is 20.0 Å². The van der Waals surface area contributed by atoms with Crippen LogP contribution in [0.15, 0.2) is 76.5 Å². The number of carbonyl (C=O) groups is 1. The third-order valence-corrected chi connectivity index (χ3v) is 8.65. The van der Waals surface area contributed by atoms with Crippen molar-refractivity contribution in [1.29, 1.82) is 0 Å². The normalized spacial score (nSPS) is 14.3. The molecule has 0 atom stereocenters. The van der Waals surface area contributed by atoms with Gasteiger partial charge in [0, 0.05) is 29.4 Å². The summed E-state index contributed by atoms with van der Waals surface area (Å²) in [5.41, 5.74) is 1.81. The zero-order chi connectivity index (χ0) is 24.5. The Morgan fingerprint density at radius 3 is 2.00 bits per heavy atom. The maximum Gasteiger partial charge on any atom is 0.261 e. The molecule has 1 fully saturated rings. The Morgan fingerprint density at radius 2 is 1.41 bits per heavy atom.